The minimum absolute atomic E-state index is 0.215. The molecule has 0 bridgehead atoms. The van der Waals surface area contributed by atoms with Crippen molar-refractivity contribution in [2.45, 2.75) is 6.42 Å². The number of carbonyl (C=O) groups is 1. The van der Waals surface area contributed by atoms with Gasteiger partial charge >= 0.3 is 5.97 Å². The molecule has 2 rings (SSSR count). The summed E-state index contributed by atoms with van der Waals surface area (Å²) in [6.07, 6.45) is 0.310. The van der Waals surface area contributed by atoms with Crippen LogP contribution in [-0.2, 0) is 16.0 Å². The van der Waals surface area contributed by atoms with E-state index < -0.39 is 0 Å². The van der Waals surface area contributed by atoms with Crippen LogP contribution in [0.3, 0.4) is 0 Å². The second-order valence-corrected chi connectivity index (χ2v) is 4.36. The van der Waals surface area contributed by atoms with Crippen LogP contribution in [-0.4, -0.2) is 13.1 Å². The first-order valence-electron chi connectivity index (χ1n) is 4.95. The molecule has 0 atom stereocenters. The number of rotatable bonds is 2. The van der Waals surface area contributed by atoms with E-state index in [1.165, 1.54) is 7.11 Å². The molecule has 0 aliphatic rings. The molecule has 0 aromatic heterocycles. The summed E-state index contributed by atoms with van der Waals surface area (Å²) in [5.74, 6) is -0.215. The molecule has 0 heterocycles. The first-order chi connectivity index (χ1) is 7.72. The largest absolute Gasteiger partial charge is 0.469 e. The fourth-order valence-corrected chi connectivity index (χ4v) is 2.22. The van der Waals surface area contributed by atoms with E-state index in [1.807, 2.05) is 36.4 Å². The van der Waals surface area contributed by atoms with E-state index in [4.69, 9.17) is 0 Å². The van der Waals surface area contributed by atoms with Crippen LogP contribution in [0.5, 0.6) is 0 Å². The van der Waals surface area contributed by atoms with Crippen molar-refractivity contribution < 1.29 is 9.53 Å². The molecule has 0 radical (unpaired) electrons. The summed E-state index contributed by atoms with van der Waals surface area (Å²) in [6.45, 7) is 0. The molecule has 0 saturated carbocycles. The molecule has 0 N–H and O–H groups in total. The van der Waals surface area contributed by atoms with Gasteiger partial charge in [-0.15, -0.1) is 0 Å². The second-order valence-electron chi connectivity index (χ2n) is 3.51. The van der Waals surface area contributed by atoms with Gasteiger partial charge in [0.25, 0.3) is 0 Å². The Morgan fingerprint density at radius 2 is 1.88 bits per heavy atom. The predicted molar refractivity (Wildman–Crippen MR) is 67.4 cm³/mol. The number of halogens is 1. The van der Waals surface area contributed by atoms with Gasteiger partial charge in [0.05, 0.1) is 13.5 Å². The molecule has 0 unspecified atom stereocenters. The van der Waals surface area contributed by atoms with Crippen molar-refractivity contribution in [3.05, 3.63) is 46.4 Å². The van der Waals surface area contributed by atoms with Crippen LogP contribution in [0.15, 0.2) is 40.9 Å². The number of hydrogen-bond donors (Lipinski definition) is 0. The minimum atomic E-state index is -0.215. The molecule has 82 valence electrons. The van der Waals surface area contributed by atoms with Gasteiger partial charge in [0.2, 0.25) is 0 Å². The second kappa shape index (κ2) is 4.66. The zero-order chi connectivity index (χ0) is 11.5. The maximum Gasteiger partial charge on any atom is 0.309 e. The van der Waals surface area contributed by atoms with Crippen LogP contribution in [0.1, 0.15) is 5.56 Å². The first kappa shape index (κ1) is 11.1. The summed E-state index contributed by atoms with van der Waals surface area (Å²) in [4.78, 5) is 11.3. The van der Waals surface area contributed by atoms with Gasteiger partial charge in [-0.2, -0.15) is 0 Å². The van der Waals surface area contributed by atoms with Crippen LogP contribution in [0, 0.1) is 0 Å². The minimum Gasteiger partial charge on any atom is -0.469 e. The summed E-state index contributed by atoms with van der Waals surface area (Å²) >= 11 is 3.50. The molecule has 2 nitrogen and oxygen atoms in total. The predicted octanol–water partition coefficient (Wildman–Crippen LogP) is 3.32. The van der Waals surface area contributed by atoms with Crippen molar-refractivity contribution in [3.8, 4) is 0 Å². The molecular formula is C13H11BrO2. The lowest BCUT2D eigenvalue weighted by atomic mass is 10.0. The normalized spacial score (nSPS) is 10.4. The van der Waals surface area contributed by atoms with E-state index in [9.17, 15) is 4.79 Å². The van der Waals surface area contributed by atoms with Gasteiger partial charge in [0.1, 0.15) is 0 Å². The third-order valence-corrected chi connectivity index (χ3v) is 3.21. The molecule has 0 amide bonds. The van der Waals surface area contributed by atoms with E-state index in [1.54, 1.807) is 0 Å². The Kier molecular flexibility index (Phi) is 3.25. The Bertz CT molecular complexity index is 534. The van der Waals surface area contributed by atoms with Gasteiger partial charge in [-0.3, -0.25) is 4.79 Å². The molecule has 3 heteroatoms. The van der Waals surface area contributed by atoms with Crippen LogP contribution >= 0.6 is 15.9 Å². The van der Waals surface area contributed by atoms with Gasteiger partial charge < -0.3 is 4.74 Å². The average Bonchev–Trinajstić information content (AvgIpc) is 2.30. The number of benzene rings is 2. The maximum atomic E-state index is 11.3. The topological polar surface area (TPSA) is 26.3 Å². The Hall–Kier alpha value is -1.35. The highest BCUT2D eigenvalue weighted by Crippen LogP contribution is 2.26. The molecule has 16 heavy (non-hydrogen) atoms. The smallest absolute Gasteiger partial charge is 0.309 e. The fourth-order valence-electron chi connectivity index (χ4n) is 1.72. The van der Waals surface area contributed by atoms with Gasteiger partial charge in [-0.25, -0.2) is 0 Å². The Morgan fingerprint density at radius 3 is 2.62 bits per heavy atom. The zero-order valence-electron chi connectivity index (χ0n) is 8.87. The van der Waals surface area contributed by atoms with Crippen molar-refractivity contribution in [1.29, 1.82) is 0 Å². The van der Waals surface area contributed by atoms with Crippen molar-refractivity contribution in [1.82, 2.24) is 0 Å². The SMILES string of the molecule is COC(=O)Cc1cccc2c(Br)cccc12. The fraction of sp³-hybridized carbons (Fsp3) is 0.154. The van der Waals surface area contributed by atoms with Crippen LogP contribution < -0.4 is 0 Å². The molecule has 2 aromatic carbocycles. The number of methoxy groups -OCH3 is 1. The van der Waals surface area contributed by atoms with E-state index in [0.29, 0.717) is 6.42 Å². The van der Waals surface area contributed by atoms with Gasteiger partial charge in [-0.1, -0.05) is 46.3 Å². The van der Waals surface area contributed by atoms with E-state index in [2.05, 4.69) is 20.7 Å². The highest BCUT2D eigenvalue weighted by Gasteiger charge is 2.07. The quantitative estimate of drug-likeness (QED) is 0.788. The highest BCUT2D eigenvalue weighted by molar-refractivity contribution is 9.10. The molecule has 2 aromatic rings. The van der Waals surface area contributed by atoms with Crippen molar-refractivity contribution in [2.75, 3.05) is 7.11 Å². The number of carbonyl (C=O) groups excluding carboxylic acids is 1. The number of esters is 1. The van der Waals surface area contributed by atoms with E-state index >= 15 is 0 Å². The Labute approximate surface area is 102 Å². The maximum absolute atomic E-state index is 11.3. The zero-order valence-corrected chi connectivity index (χ0v) is 10.5. The number of ether oxygens (including phenoxy) is 1. The Morgan fingerprint density at radius 1 is 1.19 bits per heavy atom. The lowest BCUT2D eigenvalue weighted by molar-refractivity contribution is -0.139. The lowest BCUT2D eigenvalue weighted by Crippen LogP contribution is -2.04. The highest BCUT2D eigenvalue weighted by atomic mass is 79.9. The van der Waals surface area contributed by atoms with E-state index in [0.717, 1.165) is 20.8 Å². The summed E-state index contributed by atoms with van der Waals surface area (Å²) in [5.41, 5.74) is 0.991. The van der Waals surface area contributed by atoms with Gasteiger partial charge in [0, 0.05) is 4.47 Å². The molecular weight excluding hydrogens is 268 g/mol. The number of hydrogen-bond acceptors (Lipinski definition) is 2. The molecule has 0 aliphatic carbocycles. The molecule has 0 fully saturated rings. The molecule has 0 aliphatic heterocycles. The van der Waals surface area contributed by atoms with Crippen molar-refractivity contribution in [2.24, 2.45) is 0 Å². The van der Waals surface area contributed by atoms with Crippen LogP contribution in [0.2, 0.25) is 0 Å². The summed E-state index contributed by atoms with van der Waals surface area (Å²) in [5, 5.41) is 2.20. The third-order valence-electron chi connectivity index (χ3n) is 2.52. The van der Waals surface area contributed by atoms with Gasteiger partial charge in [-0.05, 0) is 22.4 Å². The molecule has 0 saturated heterocycles. The Balaban J connectivity index is 2.54. The van der Waals surface area contributed by atoms with E-state index in [-0.39, 0.29) is 5.97 Å². The standard InChI is InChI=1S/C13H11BrO2/c1-16-13(15)8-9-4-2-6-11-10(9)5-3-7-12(11)14/h2-7H,8H2,1H3. The monoisotopic (exact) mass is 278 g/mol. The summed E-state index contributed by atoms with van der Waals surface area (Å²) < 4.78 is 5.72. The summed E-state index contributed by atoms with van der Waals surface area (Å²) in [7, 11) is 1.41. The third kappa shape index (κ3) is 2.09. The van der Waals surface area contributed by atoms with Crippen molar-refractivity contribution >= 4 is 32.7 Å². The van der Waals surface area contributed by atoms with Gasteiger partial charge in [0.15, 0.2) is 0 Å². The van der Waals surface area contributed by atoms with Crippen LogP contribution in [0.4, 0.5) is 0 Å². The lowest BCUT2D eigenvalue weighted by Gasteiger charge is -2.06. The van der Waals surface area contributed by atoms with Crippen LogP contribution in [0.25, 0.3) is 10.8 Å². The summed E-state index contributed by atoms with van der Waals surface area (Å²) in [6, 6.07) is 11.9. The first-order valence-corrected chi connectivity index (χ1v) is 5.74. The van der Waals surface area contributed by atoms with Crippen molar-refractivity contribution in [3.63, 3.8) is 0 Å². The average molecular weight is 279 g/mol. The number of fused-ring (bicyclic) bond motifs is 1. The molecule has 0 spiro atoms.